The molecule has 3 N–H and O–H groups in total. The Morgan fingerprint density at radius 1 is 0.493 bits per heavy atom. The van der Waals surface area contributed by atoms with Crippen molar-refractivity contribution in [2.24, 2.45) is 0 Å². The first-order valence-corrected chi connectivity index (χ1v) is 31.7. The lowest BCUT2D eigenvalue weighted by Gasteiger charge is -2.26. The minimum absolute atomic E-state index is 0.0767. The van der Waals surface area contributed by atoms with Gasteiger partial charge < -0.3 is 19.8 Å². The van der Waals surface area contributed by atoms with Crippen molar-refractivity contribution in [1.82, 2.24) is 5.32 Å². The number of aliphatic hydroxyl groups excluding tert-OH is 1. The van der Waals surface area contributed by atoms with Crippen LogP contribution in [0, 0.1) is 0 Å². The number of allylic oxidation sites excluding steroid dienone is 4. The van der Waals surface area contributed by atoms with E-state index in [0.717, 1.165) is 44.9 Å². The SMILES string of the molecule is CCCCCCC/C=C\C/C=C\CCCCCCCCCCCCCCCCCCCCCCCCCCCCCCCC(=O)NC(COP(=O)(O)OCC[N+](C)(C)C)C(O)CCCCCCCC. The van der Waals surface area contributed by atoms with E-state index in [-0.39, 0.29) is 19.1 Å². The highest BCUT2D eigenvalue weighted by Gasteiger charge is 2.28. The van der Waals surface area contributed by atoms with Gasteiger partial charge in [0.2, 0.25) is 5.91 Å². The average Bonchev–Trinajstić information content (AvgIpc) is 3.31. The fourth-order valence-corrected chi connectivity index (χ4v) is 9.93. The Kier molecular flexibility index (Phi) is 51.1. The molecule has 0 aliphatic heterocycles. The van der Waals surface area contributed by atoms with Crippen molar-refractivity contribution in [3.8, 4) is 0 Å². The number of rotatable bonds is 56. The molecule has 8 nitrogen and oxygen atoms in total. The highest BCUT2D eigenvalue weighted by atomic mass is 31.2. The predicted octanol–water partition coefficient (Wildman–Crippen LogP) is 18.4. The van der Waals surface area contributed by atoms with Crippen LogP contribution in [-0.4, -0.2) is 73.4 Å². The monoisotopic (exact) mass is 996 g/mol. The molecule has 9 heteroatoms. The van der Waals surface area contributed by atoms with Crippen LogP contribution in [0.25, 0.3) is 0 Å². The zero-order valence-electron chi connectivity index (χ0n) is 46.8. The van der Waals surface area contributed by atoms with Crippen LogP contribution in [0.3, 0.4) is 0 Å². The zero-order chi connectivity index (χ0) is 50.6. The standard InChI is InChI=1S/C60H119N2O6P/c1-6-8-10-12-14-15-16-17-18-19-20-21-22-23-24-25-26-27-28-29-30-31-32-33-34-35-36-37-38-39-40-41-42-43-44-45-46-47-48-50-52-54-60(64)61-58(59(63)53-51-49-13-11-9-7-2)57-68-69(65,66)67-56-55-62(3,4)5/h16-17,19-20,58-59,63H,6-15,18,21-57H2,1-5H3,(H-,61,64,65,66)/p+1/b17-16-,20-19-. The number of nitrogens with one attached hydrogen (secondary N) is 1. The minimum Gasteiger partial charge on any atom is -0.391 e. The summed E-state index contributed by atoms with van der Waals surface area (Å²) in [5, 5.41) is 13.8. The van der Waals surface area contributed by atoms with E-state index in [0.29, 0.717) is 23.9 Å². The summed E-state index contributed by atoms with van der Waals surface area (Å²) in [6.07, 6.45) is 66.1. The molecular formula is C60H120N2O6P+. The number of phosphoric acid groups is 1. The third-order valence-corrected chi connectivity index (χ3v) is 14.9. The number of phosphoric ester groups is 1. The first kappa shape index (κ1) is 68.0. The third-order valence-electron chi connectivity index (χ3n) is 14.0. The van der Waals surface area contributed by atoms with Gasteiger partial charge in [-0.1, -0.05) is 276 Å². The number of aliphatic hydroxyl groups is 1. The van der Waals surface area contributed by atoms with Gasteiger partial charge in [0.1, 0.15) is 13.2 Å². The molecule has 0 aromatic rings. The third kappa shape index (κ3) is 54.6. The lowest BCUT2D eigenvalue weighted by atomic mass is 10.0. The fourth-order valence-electron chi connectivity index (χ4n) is 9.20. The van der Waals surface area contributed by atoms with Crippen molar-refractivity contribution in [3.05, 3.63) is 24.3 Å². The van der Waals surface area contributed by atoms with Crippen LogP contribution in [-0.2, 0) is 18.4 Å². The first-order chi connectivity index (χ1) is 33.5. The molecule has 3 unspecified atom stereocenters. The van der Waals surface area contributed by atoms with Crippen molar-refractivity contribution < 1.29 is 32.9 Å². The topological polar surface area (TPSA) is 105 Å². The second-order valence-corrected chi connectivity index (χ2v) is 23.5. The van der Waals surface area contributed by atoms with Gasteiger partial charge in [0.15, 0.2) is 0 Å². The van der Waals surface area contributed by atoms with E-state index in [9.17, 15) is 19.4 Å². The Labute approximate surface area is 430 Å². The van der Waals surface area contributed by atoms with Gasteiger partial charge in [-0.2, -0.15) is 0 Å². The number of carbonyl (C=O) groups is 1. The highest BCUT2D eigenvalue weighted by molar-refractivity contribution is 7.47. The summed E-state index contributed by atoms with van der Waals surface area (Å²) >= 11 is 0. The summed E-state index contributed by atoms with van der Waals surface area (Å²) in [7, 11) is 1.62. The Bertz CT molecular complexity index is 1170. The smallest absolute Gasteiger partial charge is 0.391 e. The average molecular weight is 997 g/mol. The molecule has 0 saturated carbocycles. The van der Waals surface area contributed by atoms with Gasteiger partial charge in [0.05, 0.1) is 39.9 Å². The molecule has 0 spiro atoms. The lowest BCUT2D eigenvalue weighted by molar-refractivity contribution is -0.870. The van der Waals surface area contributed by atoms with Crippen LogP contribution in [0.15, 0.2) is 24.3 Å². The number of unbranched alkanes of at least 4 members (excludes halogenated alkanes) is 39. The number of hydrogen-bond donors (Lipinski definition) is 3. The minimum atomic E-state index is -4.30. The van der Waals surface area contributed by atoms with Crippen LogP contribution in [0.2, 0.25) is 0 Å². The first-order valence-electron chi connectivity index (χ1n) is 30.2. The Hall–Kier alpha value is -1.02. The molecule has 0 aliphatic rings. The van der Waals surface area contributed by atoms with Crippen LogP contribution in [0.5, 0.6) is 0 Å². The maximum absolute atomic E-state index is 12.9. The van der Waals surface area contributed by atoms with E-state index < -0.39 is 20.0 Å². The molecular weight excluding hydrogens is 876 g/mol. The van der Waals surface area contributed by atoms with E-state index in [2.05, 4.69) is 43.5 Å². The molecule has 0 aromatic carbocycles. The Morgan fingerprint density at radius 2 is 0.826 bits per heavy atom. The van der Waals surface area contributed by atoms with Crippen molar-refractivity contribution in [1.29, 1.82) is 0 Å². The van der Waals surface area contributed by atoms with Crippen molar-refractivity contribution >= 4 is 13.7 Å². The quantitative estimate of drug-likeness (QED) is 0.0243. The van der Waals surface area contributed by atoms with Crippen molar-refractivity contribution in [2.75, 3.05) is 40.9 Å². The van der Waals surface area contributed by atoms with E-state index in [1.54, 1.807) is 0 Å². The summed E-state index contributed by atoms with van der Waals surface area (Å²) < 4.78 is 23.5. The second-order valence-electron chi connectivity index (χ2n) is 22.1. The van der Waals surface area contributed by atoms with Gasteiger partial charge in [0.25, 0.3) is 0 Å². The molecule has 0 aromatic heterocycles. The number of carbonyl (C=O) groups excluding carboxylic acids is 1. The number of likely N-dealkylation sites (N-methyl/N-ethyl adjacent to an activating group) is 1. The Balaban J connectivity index is 3.64. The molecule has 0 radical (unpaired) electrons. The molecule has 69 heavy (non-hydrogen) atoms. The maximum Gasteiger partial charge on any atom is 0.472 e. The van der Waals surface area contributed by atoms with Crippen LogP contribution in [0.4, 0.5) is 0 Å². The molecule has 1 amide bonds. The van der Waals surface area contributed by atoms with Gasteiger partial charge in [0, 0.05) is 6.42 Å². The molecule has 0 saturated heterocycles. The summed E-state index contributed by atoms with van der Waals surface area (Å²) in [5.41, 5.74) is 0. The van der Waals surface area contributed by atoms with E-state index in [1.807, 2.05) is 21.1 Å². The Morgan fingerprint density at radius 3 is 1.19 bits per heavy atom. The van der Waals surface area contributed by atoms with Crippen molar-refractivity contribution in [2.45, 2.75) is 315 Å². The molecule has 0 fully saturated rings. The molecule has 0 bridgehead atoms. The van der Waals surface area contributed by atoms with Gasteiger partial charge in [-0.15, -0.1) is 0 Å². The van der Waals surface area contributed by atoms with Crippen LogP contribution in [0.1, 0.15) is 303 Å². The summed E-state index contributed by atoms with van der Waals surface area (Å²) in [5.74, 6) is -0.144. The van der Waals surface area contributed by atoms with E-state index in [4.69, 9.17) is 9.05 Å². The van der Waals surface area contributed by atoms with E-state index >= 15 is 0 Å². The normalized spacial score (nSPS) is 14.0. The molecule has 3 atom stereocenters. The lowest BCUT2D eigenvalue weighted by Crippen LogP contribution is -2.46. The summed E-state index contributed by atoms with van der Waals surface area (Å²) in [6.45, 7) is 4.83. The van der Waals surface area contributed by atoms with E-state index in [1.165, 1.54) is 231 Å². The predicted molar refractivity (Wildman–Crippen MR) is 300 cm³/mol. The molecule has 0 rings (SSSR count). The highest BCUT2D eigenvalue weighted by Crippen LogP contribution is 2.43. The van der Waals surface area contributed by atoms with Crippen molar-refractivity contribution in [3.63, 3.8) is 0 Å². The number of nitrogens with zero attached hydrogens (tertiary/aromatic N) is 1. The largest absolute Gasteiger partial charge is 0.472 e. The number of hydrogen-bond acceptors (Lipinski definition) is 5. The van der Waals surface area contributed by atoms with Crippen LogP contribution < -0.4 is 5.32 Å². The van der Waals surface area contributed by atoms with Gasteiger partial charge in [-0.25, -0.2) is 4.57 Å². The molecule has 0 heterocycles. The number of amides is 1. The number of quaternary nitrogens is 1. The van der Waals surface area contributed by atoms with Gasteiger partial charge in [-0.3, -0.25) is 13.8 Å². The van der Waals surface area contributed by atoms with Gasteiger partial charge in [-0.05, 0) is 44.9 Å². The van der Waals surface area contributed by atoms with Gasteiger partial charge >= 0.3 is 7.82 Å². The molecule has 410 valence electrons. The summed E-state index contributed by atoms with van der Waals surface area (Å²) in [4.78, 5) is 23.1. The molecule has 0 aliphatic carbocycles. The maximum atomic E-state index is 12.9. The second kappa shape index (κ2) is 51.9. The fraction of sp³-hybridized carbons (Fsp3) is 0.917. The van der Waals surface area contributed by atoms with Crippen LogP contribution >= 0.6 is 7.82 Å². The summed E-state index contributed by atoms with van der Waals surface area (Å²) in [6, 6.07) is -0.753. The zero-order valence-corrected chi connectivity index (χ0v) is 47.7.